The maximum absolute atomic E-state index is 13.0. The van der Waals surface area contributed by atoms with Crippen LogP contribution in [0.2, 0.25) is 0 Å². The van der Waals surface area contributed by atoms with Crippen LogP contribution in [0, 0.1) is 0 Å². The summed E-state index contributed by atoms with van der Waals surface area (Å²) in [6, 6.07) is 11.5. The van der Waals surface area contributed by atoms with Crippen LogP contribution in [0.1, 0.15) is 57.2 Å². The number of carbonyl (C=O) groups is 1. The predicted octanol–water partition coefficient (Wildman–Crippen LogP) is 4.23. The summed E-state index contributed by atoms with van der Waals surface area (Å²) in [6.45, 7) is 10.3. The van der Waals surface area contributed by atoms with Crippen molar-refractivity contribution >= 4 is 11.6 Å². The van der Waals surface area contributed by atoms with E-state index in [2.05, 4.69) is 31.2 Å². The third-order valence-corrected chi connectivity index (χ3v) is 4.78. The van der Waals surface area contributed by atoms with Crippen LogP contribution in [0.3, 0.4) is 0 Å². The van der Waals surface area contributed by atoms with Crippen molar-refractivity contribution in [2.45, 2.75) is 52.5 Å². The number of nitrogens with zero attached hydrogens (tertiary/aromatic N) is 3. The summed E-state index contributed by atoms with van der Waals surface area (Å²) in [7, 11) is 1.63. The molecule has 148 valence electrons. The first-order valence-corrected chi connectivity index (χ1v) is 9.59. The van der Waals surface area contributed by atoms with Crippen molar-refractivity contribution in [2.75, 3.05) is 7.11 Å². The third-order valence-electron chi connectivity index (χ3n) is 4.78. The Morgan fingerprint density at radius 2 is 2.00 bits per heavy atom. The van der Waals surface area contributed by atoms with Crippen molar-refractivity contribution in [3.05, 3.63) is 47.8 Å². The number of amides is 1. The van der Waals surface area contributed by atoms with Crippen LogP contribution in [0.4, 0.5) is 0 Å². The number of fused-ring (bicyclic) bond motifs is 1. The Hall–Kier alpha value is -2.89. The molecule has 0 aliphatic rings. The molecule has 0 spiro atoms. The van der Waals surface area contributed by atoms with Gasteiger partial charge in [-0.3, -0.25) is 4.79 Å². The number of methoxy groups -OCH3 is 1. The van der Waals surface area contributed by atoms with Gasteiger partial charge in [0.2, 0.25) is 0 Å². The van der Waals surface area contributed by atoms with E-state index < -0.39 is 0 Å². The van der Waals surface area contributed by atoms with Crippen molar-refractivity contribution in [3.8, 4) is 17.0 Å². The number of ether oxygens (including phenoxy) is 1. The van der Waals surface area contributed by atoms with Gasteiger partial charge in [-0.25, -0.2) is 9.50 Å². The van der Waals surface area contributed by atoms with Gasteiger partial charge in [0.1, 0.15) is 11.4 Å². The fourth-order valence-electron chi connectivity index (χ4n) is 2.83. The van der Waals surface area contributed by atoms with Crippen LogP contribution in [0.25, 0.3) is 16.9 Å². The molecule has 1 aromatic carbocycles. The van der Waals surface area contributed by atoms with Crippen LogP contribution in [-0.2, 0) is 5.41 Å². The van der Waals surface area contributed by atoms with E-state index in [0.29, 0.717) is 17.0 Å². The minimum atomic E-state index is -0.158. The first kappa shape index (κ1) is 19.9. The molecular weight excluding hydrogens is 352 g/mol. The van der Waals surface area contributed by atoms with Crippen LogP contribution in [0.5, 0.6) is 5.75 Å². The minimum Gasteiger partial charge on any atom is -0.497 e. The zero-order valence-corrected chi connectivity index (χ0v) is 17.4. The second-order valence-electron chi connectivity index (χ2n) is 8.09. The summed E-state index contributed by atoms with van der Waals surface area (Å²) in [5.41, 5.74) is 3.46. The molecule has 0 unspecified atom stereocenters. The van der Waals surface area contributed by atoms with Gasteiger partial charge in [0.15, 0.2) is 5.65 Å². The van der Waals surface area contributed by atoms with E-state index in [4.69, 9.17) is 9.72 Å². The molecule has 1 N–H and O–H groups in total. The van der Waals surface area contributed by atoms with E-state index in [9.17, 15) is 4.79 Å². The molecule has 3 rings (SSSR count). The zero-order valence-electron chi connectivity index (χ0n) is 17.4. The SMILES string of the molecule is CC[C@H](C)NC(=O)c1cc(-c2cccc(OC)c2)nc2cc(C(C)(C)C)nn12. The first-order chi connectivity index (χ1) is 13.2. The molecule has 2 aromatic heterocycles. The smallest absolute Gasteiger partial charge is 0.270 e. The lowest BCUT2D eigenvalue weighted by Gasteiger charge is -2.14. The van der Waals surface area contributed by atoms with Crippen LogP contribution < -0.4 is 10.1 Å². The summed E-state index contributed by atoms with van der Waals surface area (Å²) in [5, 5.41) is 7.71. The zero-order chi connectivity index (χ0) is 20.5. The van der Waals surface area contributed by atoms with Gasteiger partial charge in [-0.1, -0.05) is 39.8 Å². The summed E-state index contributed by atoms with van der Waals surface area (Å²) in [6.07, 6.45) is 0.856. The molecule has 0 fully saturated rings. The second-order valence-corrected chi connectivity index (χ2v) is 8.09. The van der Waals surface area contributed by atoms with Crippen LogP contribution >= 0.6 is 0 Å². The molecule has 6 nitrogen and oxygen atoms in total. The van der Waals surface area contributed by atoms with Gasteiger partial charge in [-0.05, 0) is 31.5 Å². The summed E-state index contributed by atoms with van der Waals surface area (Å²) < 4.78 is 6.97. The van der Waals surface area contributed by atoms with Gasteiger partial charge in [0.05, 0.1) is 18.5 Å². The van der Waals surface area contributed by atoms with E-state index in [1.54, 1.807) is 17.7 Å². The van der Waals surface area contributed by atoms with Crippen molar-refractivity contribution in [3.63, 3.8) is 0 Å². The van der Waals surface area contributed by atoms with E-state index in [1.165, 1.54) is 0 Å². The quantitative estimate of drug-likeness (QED) is 0.719. The summed E-state index contributed by atoms with van der Waals surface area (Å²) in [5.74, 6) is 0.586. The highest BCUT2D eigenvalue weighted by Gasteiger charge is 2.22. The molecule has 0 bridgehead atoms. The molecule has 0 saturated heterocycles. The maximum Gasteiger partial charge on any atom is 0.270 e. The molecule has 1 atom stereocenters. The highest BCUT2D eigenvalue weighted by Crippen LogP contribution is 2.27. The first-order valence-electron chi connectivity index (χ1n) is 9.59. The molecule has 0 aliphatic heterocycles. The Kier molecular flexibility index (Phi) is 5.40. The number of benzene rings is 1. The van der Waals surface area contributed by atoms with Gasteiger partial charge in [0, 0.05) is 23.1 Å². The van der Waals surface area contributed by atoms with E-state index >= 15 is 0 Å². The standard InChI is InChI=1S/C22H28N4O2/c1-7-14(2)23-21(27)18-12-17(15-9-8-10-16(11-15)28-6)24-20-13-19(22(3,4)5)25-26(18)20/h8-14H,7H2,1-6H3,(H,23,27)/t14-/m0/s1. The van der Waals surface area contributed by atoms with Gasteiger partial charge < -0.3 is 10.1 Å². The maximum atomic E-state index is 13.0. The normalized spacial score (nSPS) is 12.8. The fourth-order valence-corrected chi connectivity index (χ4v) is 2.83. The Labute approximate surface area is 165 Å². The number of aromatic nitrogens is 3. The van der Waals surface area contributed by atoms with Crippen LogP contribution in [-0.4, -0.2) is 33.7 Å². The van der Waals surface area contributed by atoms with Crippen molar-refractivity contribution in [1.82, 2.24) is 19.9 Å². The monoisotopic (exact) mass is 380 g/mol. The number of rotatable bonds is 5. The highest BCUT2D eigenvalue weighted by atomic mass is 16.5. The molecule has 1 amide bonds. The van der Waals surface area contributed by atoms with Gasteiger partial charge in [-0.15, -0.1) is 0 Å². The number of nitrogens with one attached hydrogen (secondary N) is 1. The van der Waals surface area contributed by atoms with Crippen molar-refractivity contribution < 1.29 is 9.53 Å². The summed E-state index contributed by atoms with van der Waals surface area (Å²) >= 11 is 0. The Morgan fingerprint density at radius 3 is 2.64 bits per heavy atom. The Bertz CT molecular complexity index is 1000. The molecule has 0 aliphatic carbocycles. The van der Waals surface area contributed by atoms with Crippen molar-refractivity contribution in [1.29, 1.82) is 0 Å². The van der Waals surface area contributed by atoms with Crippen molar-refractivity contribution in [2.24, 2.45) is 0 Å². The highest BCUT2D eigenvalue weighted by molar-refractivity contribution is 5.94. The van der Waals surface area contributed by atoms with E-state index in [-0.39, 0.29) is 17.4 Å². The lowest BCUT2D eigenvalue weighted by molar-refractivity contribution is 0.0931. The molecule has 6 heteroatoms. The fraction of sp³-hybridized carbons (Fsp3) is 0.409. The second kappa shape index (κ2) is 7.62. The third kappa shape index (κ3) is 4.01. The Morgan fingerprint density at radius 1 is 1.25 bits per heavy atom. The minimum absolute atomic E-state index is 0.0774. The largest absolute Gasteiger partial charge is 0.497 e. The topological polar surface area (TPSA) is 68.5 Å². The number of hydrogen-bond donors (Lipinski definition) is 1. The molecule has 2 heterocycles. The summed E-state index contributed by atoms with van der Waals surface area (Å²) in [4.78, 5) is 17.7. The molecular formula is C22H28N4O2. The average Bonchev–Trinajstić information content (AvgIpc) is 3.11. The van der Waals surface area contributed by atoms with Gasteiger partial charge >= 0.3 is 0 Å². The predicted molar refractivity (Wildman–Crippen MR) is 111 cm³/mol. The van der Waals surface area contributed by atoms with E-state index in [0.717, 1.165) is 23.4 Å². The van der Waals surface area contributed by atoms with Gasteiger partial charge in [0.25, 0.3) is 5.91 Å². The molecule has 3 aromatic rings. The lowest BCUT2D eigenvalue weighted by Crippen LogP contribution is -2.33. The van der Waals surface area contributed by atoms with Gasteiger partial charge in [-0.2, -0.15) is 5.10 Å². The van der Waals surface area contributed by atoms with E-state index in [1.807, 2.05) is 44.2 Å². The molecule has 0 radical (unpaired) electrons. The number of carbonyl (C=O) groups excluding carboxylic acids is 1. The molecule has 0 saturated carbocycles. The number of hydrogen-bond acceptors (Lipinski definition) is 4. The Balaban J connectivity index is 2.19. The average molecular weight is 380 g/mol. The van der Waals surface area contributed by atoms with Crippen LogP contribution in [0.15, 0.2) is 36.4 Å². The molecule has 28 heavy (non-hydrogen) atoms. The lowest BCUT2D eigenvalue weighted by atomic mass is 9.93.